The van der Waals surface area contributed by atoms with Crippen molar-refractivity contribution in [2.45, 2.75) is 0 Å². The van der Waals surface area contributed by atoms with Crippen LogP contribution in [0.4, 0.5) is 57.5 Å². The summed E-state index contributed by atoms with van der Waals surface area (Å²) >= 11 is 0. The molecule has 0 unspecified atom stereocenters. The van der Waals surface area contributed by atoms with Gasteiger partial charge < -0.3 is 270 Å². The Morgan fingerprint density at radius 2 is 0.0972 bits per heavy atom. The molecule has 96 N–H and O–H groups in total. The van der Waals surface area contributed by atoms with E-state index >= 15 is 0 Å². The number of carbonyl (C=O) groups is 12. The number of hydrogen-bond donors (Lipinski definition) is 48. The van der Waals surface area contributed by atoms with Crippen LogP contribution < -0.4 is 148 Å². The van der Waals surface area contributed by atoms with Gasteiger partial charge in [-0.25, -0.2) is 57.5 Å². The lowest BCUT2D eigenvalue weighted by Crippen LogP contribution is -1.81. The first kappa shape index (κ1) is 339. The van der Waals surface area contributed by atoms with E-state index in [9.17, 15) is 0 Å². The molecule has 0 heterocycles. The Balaban J connectivity index is -0.00000000561. The van der Waals surface area contributed by atoms with Gasteiger partial charge in [-0.1, -0.05) is 0 Å². The van der Waals surface area contributed by atoms with E-state index in [-0.39, 0.29) is 148 Å². The lowest BCUT2D eigenvalue weighted by atomic mass is 11.5. The zero-order valence-corrected chi connectivity index (χ0v) is 38.6. The number of carboxylic acid groups (broad SMARTS) is 24. The molecule has 0 aromatic rings. The largest absolute Gasteiger partial charge is 0.503 e. The maximum atomic E-state index is 8.56. The molecule has 0 aromatic carbocycles. The first-order chi connectivity index (χ1) is 20.8. The third-order valence-electron chi connectivity index (χ3n) is 0. The average molecular weight is 1150 g/mol. The van der Waals surface area contributed by atoms with Crippen LogP contribution in [0.5, 0.6) is 0 Å². The van der Waals surface area contributed by atoms with E-state index in [1.54, 1.807) is 0 Å². The van der Waals surface area contributed by atoms with Crippen molar-refractivity contribution in [3.8, 4) is 0 Å². The van der Waals surface area contributed by atoms with Gasteiger partial charge in [0.15, 0.2) is 0 Å². The van der Waals surface area contributed by atoms with E-state index in [2.05, 4.69) is 0 Å². The molecule has 0 aliphatic rings. The average Bonchev–Trinajstić information content (AvgIpc) is 2.61. The Kier molecular flexibility index (Phi) is 1520. The molecule has 0 radical (unpaired) electrons. The van der Waals surface area contributed by atoms with Gasteiger partial charge in [0.25, 0.3) is 0 Å². The minimum Gasteiger partial charge on any atom is -0.450 e. The van der Waals surface area contributed by atoms with E-state index < -0.39 is 73.9 Å². The molecule has 0 spiro atoms. The van der Waals surface area contributed by atoms with Crippen LogP contribution in [0.15, 0.2) is 0 Å². The summed E-state index contributed by atoms with van der Waals surface area (Å²) in [5.74, 6) is 0. The maximum Gasteiger partial charge on any atom is 0.503 e. The van der Waals surface area contributed by atoms with E-state index in [0.29, 0.717) is 0 Å². The molecule has 0 aliphatic heterocycles. The standard InChI is InChI=1S/12CH2O3.24H3N/c12*2-1(3)4;;;;;;;;;;;;;;;;;;;;;;;;/h12*(H2,2,3,4);24*1H3. The van der Waals surface area contributed by atoms with E-state index in [0.717, 1.165) is 0 Å². The summed E-state index contributed by atoms with van der Waals surface area (Å²) in [5, 5.41) is 167. The van der Waals surface area contributed by atoms with Crippen LogP contribution in [0.3, 0.4) is 0 Å². The second kappa shape index (κ2) is 322. The van der Waals surface area contributed by atoms with Gasteiger partial charge in [-0.3, -0.25) is 0 Å². The Hall–Kier alpha value is -9.72. The van der Waals surface area contributed by atoms with Crippen molar-refractivity contribution in [1.29, 1.82) is 0 Å². The minimum atomic E-state index is -1.83. The van der Waals surface area contributed by atoms with Crippen molar-refractivity contribution in [3.63, 3.8) is 0 Å². The van der Waals surface area contributed by atoms with Crippen molar-refractivity contribution in [1.82, 2.24) is 148 Å². The molecule has 72 heavy (non-hydrogen) atoms. The quantitative estimate of drug-likeness (QED) is 0.122. The molecular weight excluding hydrogens is 1060 g/mol. The second-order valence-electron chi connectivity index (χ2n) is 3.39. The maximum absolute atomic E-state index is 8.56. The fourth-order valence-corrected chi connectivity index (χ4v) is 0. The lowest BCUT2D eigenvalue weighted by molar-refractivity contribution is 0.135. The van der Waals surface area contributed by atoms with Crippen molar-refractivity contribution < 1.29 is 180 Å². The lowest BCUT2D eigenvalue weighted by Gasteiger charge is -1.60. The predicted octanol–water partition coefficient (Wildman–Crippen LogP) is 6.56. The first-order valence-corrected chi connectivity index (χ1v) is 7.82. The van der Waals surface area contributed by atoms with Gasteiger partial charge in [0.2, 0.25) is 0 Å². The number of hydrogen-bond acceptors (Lipinski definition) is 36. The minimum absolute atomic E-state index is 0. The van der Waals surface area contributed by atoms with Gasteiger partial charge in [0.1, 0.15) is 0 Å². The zero-order valence-electron chi connectivity index (χ0n) is 38.6. The van der Waals surface area contributed by atoms with E-state index in [4.69, 9.17) is 180 Å². The molecule has 480 valence electrons. The highest BCUT2D eigenvalue weighted by molar-refractivity contribution is 5.55. The van der Waals surface area contributed by atoms with Gasteiger partial charge in [-0.05, 0) is 0 Å². The fraction of sp³-hybridized carbons (Fsp3) is 0. The fourth-order valence-electron chi connectivity index (χ4n) is 0. The van der Waals surface area contributed by atoms with Crippen LogP contribution in [0.2, 0.25) is 0 Å². The van der Waals surface area contributed by atoms with Crippen LogP contribution in [-0.2, 0) is 0 Å². The van der Waals surface area contributed by atoms with Crippen molar-refractivity contribution >= 4 is 73.9 Å². The molecule has 0 saturated carbocycles. The Labute approximate surface area is 402 Å². The third kappa shape index (κ3) is 2240. The van der Waals surface area contributed by atoms with Gasteiger partial charge in [0, 0.05) is 0 Å². The summed E-state index contributed by atoms with van der Waals surface area (Å²) in [4.78, 5) is 103. The molecule has 60 heteroatoms. The molecule has 0 aliphatic carbocycles. The third-order valence-corrected chi connectivity index (χ3v) is 0. The van der Waals surface area contributed by atoms with Crippen LogP contribution >= 0.6 is 0 Å². The van der Waals surface area contributed by atoms with Crippen molar-refractivity contribution in [2.75, 3.05) is 0 Å². The molecule has 0 atom stereocenters. The zero-order chi connectivity index (χ0) is 42.9. The topological polar surface area (TPSA) is 1530 Å². The summed E-state index contributed by atoms with van der Waals surface area (Å²) in [6, 6.07) is 0. The number of rotatable bonds is 0. The summed E-state index contributed by atoms with van der Waals surface area (Å²) in [7, 11) is 0. The summed E-state index contributed by atoms with van der Waals surface area (Å²) in [6.45, 7) is 0. The molecule has 0 rings (SSSR count). The molecular formula is C12H96N24O36. The van der Waals surface area contributed by atoms with Crippen LogP contribution in [0.1, 0.15) is 0 Å². The Bertz CT molecular complexity index is 639. The van der Waals surface area contributed by atoms with Gasteiger partial charge in [-0.2, -0.15) is 0 Å². The van der Waals surface area contributed by atoms with Gasteiger partial charge >= 0.3 is 73.9 Å². The highest BCUT2D eigenvalue weighted by atomic mass is 16.6. The first-order valence-electron chi connectivity index (χ1n) is 7.82. The highest BCUT2D eigenvalue weighted by Crippen LogP contribution is 1.47. The normalized spacial score (nSPS) is 4.00. The Morgan fingerprint density at radius 3 is 0.0972 bits per heavy atom. The van der Waals surface area contributed by atoms with E-state index in [1.165, 1.54) is 0 Å². The van der Waals surface area contributed by atoms with Crippen LogP contribution in [0.25, 0.3) is 0 Å². The van der Waals surface area contributed by atoms with Crippen molar-refractivity contribution in [2.24, 2.45) is 0 Å². The highest BCUT2D eigenvalue weighted by Gasteiger charge is 1.74. The smallest absolute Gasteiger partial charge is 0.450 e. The predicted molar refractivity (Wildman–Crippen MR) is 248 cm³/mol. The molecule has 0 amide bonds. The summed E-state index contributed by atoms with van der Waals surface area (Å²) < 4.78 is 0. The second-order valence-corrected chi connectivity index (χ2v) is 3.39. The molecule has 0 fully saturated rings. The monoisotopic (exact) mass is 1150 g/mol. The molecule has 0 saturated heterocycles. The molecule has 0 aromatic heterocycles. The molecule has 0 bridgehead atoms. The Morgan fingerprint density at radius 1 is 0.0972 bits per heavy atom. The summed E-state index contributed by atoms with van der Waals surface area (Å²) in [6.07, 6.45) is -22.0. The van der Waals surface area contributed by atoms with Crippen LogP contribution in [-0.4, -0.2) is 196 Å². The van der Waals surface area contributed by atoms with Crippen LogP contribution in [0, 0.1) is 0 Å². The molecule has 60 nitrogen and oxygen atoms in total. The van der Waals surface area contributed by atoms with Gasteiger partial charge in [0.05, 0.1) is 0 Å². The summed E-state index contributed by atoms with van der Waals surface area (Å²) in [5.41, 5.74) is 0. The SMILES string of the molecule is N.N.N.N.N.N.N.N.N.N.N.N.N.N.N.N.N.N.N.N.N.N.N.N.O=C(O)O.O=C(O)O.O=C(O)O.O=C(O)O.O=C(O)O.O=C(O)O.O=C(O)O.O=C(O)O.O=C(O)O.O=C(O)O.O=C(O)O.O=C(O)O. The van der Waals surface area contributed by atoms with Gasteiger partial charge in [-0.15, -0.1) is 0 Å². The van der Waals surface area contributed by atoms with Crippen molar-refractivity contribution in [3.05, 3.63) is 0 Å². The van der Waals surface area contributed by atoms with E-state index in [1.807, 2.05) is 0 Å².